The molecule has 68 valence electrons. The van der Waals surface area contributed by atoms with Gasteiger partial charge < -0.3 is 0 Å². The Hall–Kier alpha value is 0.110. The fourth-order valence-corrected chi connectivity index (χ4v) is 1.36. The van der Waals surface area contributed by atoms with Gasteiger partial charge in [0.15, 0.2) is 0 Å². The van der Waals surface area contributed by atoms with Gasteiger partial charge in [0.2, 0.25) is 0 Å². The van der Waals surface area contributed by atoms with E-state index in [4.69, 9.17) is 4.55 Å². The van der Waals surface area contributed by atoms with Gasteiger partial charge in [0, 0.05) is 17.2 Å². The van der Waals surface area contributed by atoms with Crippen molar-refractivity contribution in [3.8, 4) is 0 Å². The summed E-state index contributed by atoms with van der Waals surface area (Å²) in [6.45, 7) is -0.440. The number of hydrogen-bond donors (Lipinski definition) is 2. The third kappa shape index (κ3) is 10.1. The van der Waals surface area contributed by atoms with Crippen LogP contribution in [0.3, 0.4) is 0 Å². The zero-order valence-electron chi connectivity index (χ0n) is 5.19. The van der Waals surface area contributed by atoms with Crippen LogP contribution >= 0.6 is 10.7 Å². The molecule has 0 amide bonds. The molecule has 0 aromatic rings. The molecule has 0 unspecified atom stereocenters. The molecule has 0 aliphatic carbocycles. The summed E-state index contributed by atoms with van der Waals surface area (Å²) < 4.78 is 50.0. The van der Waals surface area contributed by atoms with Crippen molar-refractivity contribution in [3.63, 3.8) is 0 Å². The standard InChI is InChI=1S/C2H6ClNO5S2/c3-11(8,9)4-1-2-10(5,6)7/h4H,1-2H2,(H,5,6,7). The lowest BCUT2D eigenvalue weighted by Crippen LogP contribution is -2.25. The molecule has 0 atom stereocenters. The molecule has 0 aromatic carbocycles. The summed E-state index contributed by atoms with van der Waals surface area (Å²) in [5, 5.41) is 0. The van der Waals surface area contributed by atoms with E-state index in [2.05, 4.69) is 10.7 Å². The number of hydrogen-bond acceptors (Lipinski definition) is 4. The molecule has 0 bridgehead atoms. The van der Waals surface area contributed by atoms with Crippen molar-refractivity contribution < 1.29 is 21.4 Å². The first-order valence-corrected chi connectivity index (χ1v) is 6.27. The van der Waals surface area contributed by atoms with Gasteiger partial charge in [-0.05, 0) is 0 Å². The molecular formula is C2H6ClNO5S2. The summed E-state index contributed by atoms with van der Waals surface area (Å²) in [6.07, 6.45) is 0. The molecule has 0 radical (unpaired) electrons. The van der Waals surface area contributed by atoms with Crippen molar-refractivity contribution in [2.75, 3.05) is 12.3 Å². The lowest BCUT2D eigenvalue weighted by atomic mass is 10.8. The maximum Gasteiger partial charge on any atom is 0.297 e. The van der Waals surface area contributed by atoms with Crippen LogP contribution in [-0.4, -0.2) is 33.7 Å². The van der Waals surface area contributed by atoms with Crippen molar-refractivity contribution in [2.45, 2.75) is 0 Å². The van der Waals surface area contributed by atoms with Crippen LogP contribution in [0.4, 0.5) is 0 Å². The summed E-state index contributed by atoms with van der Waals surface area (Å²) in [6, 6.07) is 0. The van der Waals surface area contributed by atoms with Gasteiger partial charge in [0.25, 0.3) is 19.4 Å². The highest BCUT2D eigenvalue weighted by Gasteiger charge is 2.07. The summed E-state index contributed by atoms with van der Waals surface area (Å²) in [5.74, 6) is -0.695. The van der Waals surface area contributed by atoms with Gasteiger partial charge in [-0.1, -0.05) is 0 Å². The predicted molar refractivity (Wildman–Crippen MR) is 39.2 cm³/mol. The van der Waals surface area contributed by atoms with Gasteiger partial charge >= 0.3 is 0 Å². The van der Waals surface area contributed by atoms with E-state index >= 15 is 0 Å². The molecule has 11 heavy (non-hydrogen) atoms. The van der Waals surface area contributed by atoms with E-state index < -0.39 is 31.7 Å². The van der Waals surface area contributed by atoms with Crippen LogP contribution in [0.5, 0.6) is 0 Å². The van der Waals surface area contributed by atoms with Crippen LogP contribution in [0.15, 0.2) is 0 Å². The maximum atomic E-state index is 10.1. The zero-order valence-corrected chi connectivity index (χ0v) is 7.58. The van der Waals surface area contributed by atoms with E-state index in [0.29, 0.717) is 0 Å². The molecule has 0 aromatic heterocycles. The topological polar surface area (TPSA) is 101 Å². The largest absolute Gasteiger partial charge is 0.297 e. The van der Waals surface area contributed by atoms with E-state index in [1.165, 1.54) is 0 Å². The van der Waals surface area contributed by atoms with E-state index in [-0.39, 0.29) is 0 Å². The van der Waals surface area contributed by atoms with E-state index in [9.17, 15) is 16.8 Å². The Labute approximate surface area is 68.9 Å². The number of rotatable bonds is 4. The molecule has 0 saturated heterocycles. The molecular weight excluding hydrogens is 218 g/mol. The van der Waals surface area contributed by atoms with Crippen LogP contribution in [0, 0.1) is 0 Å². The molecule has 0 spiro atoms. The number of halogens is 1. The Morgan fingerprint density at radius 2 is 1.73 bits per heavy atom. The third-order valence-corrected chi connectivity index (χ3v) is 2.23. The Bertz CT molecular complexity index is 271. The molecule has 2 N–H and O–H groups in total. The molecule has 9 heteroatoms. The van der Waals surface area contributed by atoms with Crippen molar-refractivity contribution in [1.29, 1.82) is 0 Å². The van der Waals surface area contributed by atoms with Crippen LogP contribution in [0.1, 0.15) is 0 Å². The molecule has 6 nitrogen and oxygen atoms in total. The van der Waals surface area contributed by atoms with Gasteiger partial charge in [-0.3, -0.25) is 4.55 Å². The van der Waals surface area contributed by atoms with Crippen LogP contribution in [-0.2, 0) is 19.4 Å². The van der Waals surface area contributed by atoms with Gasteiger partial charge in [-0.2, -0.15) is 16.8 Å². The Balaban J connectivity index is 3.79. The minimum absolute atomic E-state index is 0.440. The Morgan fingerprint density at radius 1 is 1.27 bits per heavy atom. The zero-order chi connectivity index (χ0) is 9.12. The lowest BCUT2D eigenvalue weighted by Gasteiger charge is -1.96. The van der Waals surface area contributed by atoms with E-state index in [1.54, 1.807) is 4.72 Å². The number of nitrogens with one attached hydrogen (secondary N) is 1. The average Bonchev–Trinajstić information content (AvgIpc) is 1.55. The van der Waals surface area contributed by atoms with Crippen LogP contribution in [0.25, 0.3) is 0 Å². The SMILES string of the molecule is O=S(=O)(O)CCNS(=O)(=O)Cl. The highest BCUT2D eigenvalue weighted by atomic mass is 35.7. The molecule has 0 saturated carbocycles. The summed E-state index contributed by atoms with van der Waals surface area (Å²) in [7, 11) is -3.39. The second kappa shape index (κ2) is 3.68. The first-order chi connectivity index (χ1) is 4.71. The summed E-state index contributed by atoms with van der Waals surface area (Å²) in [5.41, 5.74) is 0. The second-order valence-corrected chi connectivity index (χ2v) is 5.57. The Morgan fingerprint density at radius 3 is 2.00 bits per heavy atom. The molecule has 0 aliphatic heterocycles. The van der Waals surface area contributed by atoms with Gasteiger partial charge in [0.05, 0.1) is 5.75 Å². The molecule has 0 fully saturated rings. The summed E-state index contributed by atoms with van der Waals surface area (Å²) >= 11 is 0. The van der Waals surface area contributed by atoms with Crippen molar-refractivity contribution in [1.82, 2.24) is 4.72 Å². The highest BCUT2D eigenvalue weighted by molar-refractivity contribution is 8.12. The third-order valence-electron chi connectivity index (χ3n) is 0.634. The van der Waals surface area contributed by atoms with Crippen LogP contribution < -0.4 is 4.72 Å². The molecule has 0 aliphatic rings. The monoisotopic (exact) mass is 223 g/mol. The van der Waals surface area contributed by atoms with E-state index in [1.807, 2.05) is 0 Å². The Kier molecular flexibility index (Phi) is 3.71. The van der Waals surface area contributed by atoms with Crippen LogP contribution in [0.2, 0.25) is 0 Å². The average molecular weight is 224 g/mol. The van der Waals surface area contributed by atoms with Gasteiger partial charge in [-0.25, -0.2) is 4.72 Å². The lowest BCUT2D eigenvalue weighted by molar-refractivity contribution is 0.482. The minimum atomic E-state index is -4.13. The summed E-state index contributed by atoms with van der Waals surface area (Å²) in [4.78, 5) is 0. The molecule has 0 rings (SSSR count). The quantitative estimate of drug-likeness (QED) is 0.468. The molecule has 0 heterocycles. The first-order valence-electron chi connectivity index (χ1n) is 2.35. The fourth-order valence-electron chi connectivity index (χ4n) is 0.293. The maximum absolute atomic E-state index is 10.1. The van der Waals surface area contributed by atoms with E-state index in [0.717, 1.165) is 0 Å². The smallest absolute Gasteiger partial charge is 0.286 e. The predicted octanol–water partition coefficient (Wildman–Crippen LogP) is -1.05. The second-order valence-electron chi connectivity index (χ2n) is 1.62. The minimum Gasteiger partial charge on any atom is -0.286 e. The fraction of sp³-hybridized carbons (Fsp3) is 1.00. The van der Waals surface area contributed by atoms with Crippen molar-refractivity contribution >= 4 is 30.0 Å². The first kappa shape index (κ1) is 11.1. The normalized spacial score (nSPS) is 13.3. The van der Waals surface area contributed by atoms with Gasteiger partial charge in [0.1, 0.15) is 0 Å². The van der Waals surface area contributed by atoms with Crippen molar-refractivity contribution in [2.24, 2.45) is 0 Å². The van der Waals surface area contributed by atoms with Gasteiger partial charge in [-0.15, -0.1) is 0 Å². The highest BCUT2D eigenvalue weighted by Crippen LogP contribution is 1.88. The van der Waals surface area contributed by atoms with Crippen molar-refractivity contribution in [3.05, 3.63) is 0 Å².